The highest BCUT2D eigenvalue weighted by Gasteiger charge is 2.21. The molecule has 1 aromatic rings. The third-order valence-electron chi connectivity index (χ3n) is 3.00. The maximum absolute atomic E-state index is 11.9. The number of aromatic nitrogens is 1. The van der Waals surface area contributed by atoms with Crippen LogP contribution in [0, 0.1) is 5.92 Å². The van der Waals surface area contributed by atoms with Gasteiger partial charge in [-0.05, 0) is 24.8 Å². The van der Waals surface area contributed by atoms with Crippen LogP contribution >= 0.6 is 0 Å². The molecule has 0 spiro atoms. The summed E-state index contributed by atoms with van der Waals surface area (Å²) >= 11 is 0. The molecule has 0 atom stereocenters. The van der Waals surface area contributed by atoms with Crippen LogP contribution in [0.2, 0.25) is 0 Å². The van der Waals surface area contributed by atoms with E-state index in [1.54, 1.807) is 11.9 Å². The number of hydrogen-bond acceptors (Lipinski definition) is 3. The number of hydrogen-bond donors (Lipinski definition) is 1. The number of carbonyl (C=O) groups is 1. The van der Waals surface area contributed by atoms with E-state index in [0.717, 1.165) is 12.5 Å². The molecule has 1 heterocycles. The first-order valence-electron chi connectivity index (χ1n) is 6.19. The van der Waals surface area contributed by atoms with Crippen molar-refractivity contribution in [1.29, 1.82) is 0 Å². The Bertz CT molecular complexity index is 445. The number of rotatable bonds is 6. The molecule has 0 unspecified atom stereocenters. The van der Waals surface area contributed by atoms with Crippen molar-refractivity contribution < 1.29 is 9.53 Å². The van der Waals surface area contributed by atoms with Gasteiger partial charge in [0.2, 0.25) is 5.56 Å². The van der Waals surface area contributed by atoms with Crippen molar-refractivity contribution in [3.8, 4) is 0 Å². The predicted molar refractivity (Wildman–Crippen MR) is 67.6 cm³/mol. The number of amides is 1. The van der Waals surface area contributed by atoms with E-state index in [0.29, 0.717) is 18.7 Å². The Morgan fingerprint density at radius 3 is 2.89 bits per heavy atom. The lowest BCUT2D eigenvalue weighted by Gasteiger charge is -2.16. The molecule has 98 valence electrons. The van der Waals surface area contributed by atoms with Gasteiger partial charge in [0.15, 0.2) is 0 Å². The van der Waals surface area contributed by atoms with Crippen LogP contribution in [0.15, 0.2) is 23.1 Å². The molecular weight excluding hydrogens is 232 g/mol. The van der Waals surface area contributed by atoms with Crippen molar-refractivity contribution in [1.82, 2.24) is 9.88 Å². The van der Waals surface area contributed by atoms with Crippen LogP contribution in [0.5, 0.6) is 0 Å². The number of ether oxygens (including phenoxy) is 1. The lowest BCUT2D eigenvalue weighted by molar-refractivity contribution is 0.0680. The Labute approximate surface area is 106 Å². The Morgan fingerprint density at radius 2 is 2.28 bits per heavy atom. The van der Waals surface area contributed by atoms with Gasteiger partial charge in [-0.3, -0.25) is 9.59 Å². The summed E-state index contributed by atoms with van der Waals surface area (Å²) in [5.41, 5.74) is 0.279. The molecule has 2 rings (SSSR count). The molecule has 0 aromatic carbocycles. The molecular formula is C13H18N2O3. The van der Waals surface area contributed by atoms with Crippen molar-refractivity contribution in [2.24, 2.45) is 5.92 Å². The lowest BCUT2D eigenvalue weighted by atomic mass is 10.2. The monoisotopic (exact) mass is 250 g/mol. The summed E-state index contributed by atoms with van der Waals surface area (Å²) in [5.74, 6) is 0.631. The molecule has 0 saturated heterocycles. The Balaban J connectivity index is 1.76. The number of carbonyl (C=O) groups excluding carboxylic acids is 1. The van der Waals surface area contributed by atoms with E-state index >= 15 is 0 Å². The quantitative estimate of drug-likeness (QED) is 0.762. The van der Waals surface area contributed by atoms with E-state index in [4.69, 9.17) is 4.74 Å². The SMILES string of the molecule is CN(CCOCC1CC1)C(=O)c1ccc(=O)[nH]c1. The lowest BCUT2D eigenvalue weighted by Crippen LogP contribution is -2.30. The third-order valence-corrected chi connectivity index (χ3v) is 3.00. The van der Waals surface area contributed by atoms with Gasteiger partial charge < -0.3 is 14.6 Å². The fraction of sp³-hybridized carbons (Fsp3) is 0.538. The zero-order valence-corrected chi connectivity index (χ0v) is 10.5. The highest BCUT2D eigenvalue weighted by atomic mass is 16.5. The molecule has 0 bridgehead atoms. The molecule has 0 radical (unpaired) electrons. The number of likely N-dealkylation sites (N-methyl/N-ethyl adjacent to an activating group) is 1. The maximum atomic E-state index is 11.9. The van der Waals surface area contributed by atoms with Crippen LogP contribution in [-0.2, 0) is 4.74 Å². The van der Waals surface area contributed by atoms with E-state index in [1.165, 1.54) is 31.2 Å². The number of H-pyrrole nitrogens is 1. The van der Waals surface area contributed by atoms with Gasteiger partial charge in [0, 0.05) is 32.5 Å². The van der Waals surface area contributed by atoms with Gasteiger partial charge >= 0.3 is 0 Å². The van der Waals surface area contributed by atoms with Crippen LogP contribution in [0.1, 0.15) is 23.2 Å². The highest BCUT2D eigenvalue weighted by Crippen LogP contribution is 2.28. The summed E-state index contributed by atoms with van der Waals surface area (Å²) in [5, 5.41) is 0. The average Bonchev–Trinajstić information content (AvgIpc) is 3.18. The van der Waals surface area contributed by atoms with Crippen LogP contribution < -0.4 is 5.56 Å². The third kappa shape index (κ3) is 3.70. The summed E-state index contributed by atoms with van der Waals surface area (Å²) in [4.78, 5) is 26.9. The van der Waals surface area contributed by atoms with Crippen molar-refractivity contribution >= 4 is 5.91 Å². The molecule has 18 heavy (non-hydrogen) atoms. The second kappa shape index (κ2) is 5.82. The fourth-order valence-corrected chi connectivity index (χ4v) is 1.60. The van der Waals surface area contributed by atoms with E-state index in [-0.39, 0.29) is 11.5 Å². The topological polar surface area (TPSA) is 62.4 Å². The van der Waals surface area contributed by atoms with Gasteiger partial charge in [-0.2, -0.15) is 0 Å². The normalized spacial score (nSPS) is 14.5. The molecule has 5 nitrogen and oxygen atoms in total. The number of nitrogens with zero attached hydrogens (tertiary/aromatic N) is 1. The molecule has 1 saturated carbocycles. The van der Waals surface area contributed by atoms with E-state index < -0.39 is 0 Å². The minimum atomic E-state index is -0.207. The van der Waals surface area contributed by atoms with Gasteiger partial charge in [-0.15, -0.1) is 0 Å². The molecule has 1 aliphatic rings. The number of nitrogens with one attached hydrogen (secondary N) is 1. The first-order valence-corrected chi connectivity index (χ1v) is 6.19. The van der Waals surface area contributed by atoms with Gasteiger partial charge in [-0.25, -0.2) is 0 Å². The zero-order chi connectivity index (χ0) is 13.0. The number of aromatic amines is 1. The summed E-state index contributed by atoms with van der Waals surface area (Å²) < 4.78 is 5.48. The minimum absolute atomic E-state index is 0.110. The van der Waals surface area contributed by atoms with Gasteiger partial charge in [0.1, 0.15) is 0 Å². The number of pyridine rings is 1. The highest BCUT2D eigenvalue weighted by molar-refractivity contribution is 5.93. The predicted octanol–water partition coefficient (Wildman–Crippen LogP) is 0.874. The van der Waals surface area contributed by atoms with E-state index in [1.807, 2.05) is 0 Å². The Morgan fingerprint density at radius 1 is 1.50 bits per heavy atom. The smallest absolute Gasteiger partial charge is 0.255 e. The maximum Gasteiger partial charge on any atom is 0.255 e. The molecule has 1 aromatic heterocycles. The zero-order valence-electron chi connectivity index (χ0n) is 10.5. The molecule has 0 aliphatic heterocycles. The van der Waals surface area contributed by atoms with Gasteiger partial charge in [-0.1, -0.05) is 0 Å². The van der Waals surface area contributed by atoms with Crippen LogP contribution in [0.3, 0.4) is 0 Å². The molecule has 1 fully saturated rings. The summed E-state index contributed by atoms with van der Waals surface area (Å²) in [6.45, 7) is 1.92. The van der Waals surface area contributed by atoms with E-state index in [2.05, 4.69) is 4.98 Å². The average molecular weight is 250 g/mol. The van der Waals surface area contributed by atoms with Crippen molar-refractivity contribution in [2.75, 3.05) is 26.8 Å². The largest absolute Gasteiger partial charge is 0.379 e. The Hall–Kier alpha value is -1.62. The van der Waals surface area contributed by atoms with Gasteiger partial charge in [0.05, 0.1) is 12.2 Å². The standard InChI is InChI=1S/C13H18N2O3/c1-15(6-7-18-9-10-2-3-10)13(17)11-4-5-12(16)14-8-11/h4-5,8,10H,2-3,6-7,9H2,1H3,(H,14,16). The molecule has 5 heteroatoms. The van der Waals surface area contributed by atoms with Crippen molar-refractivity contribution in [3.63, 3.8) is 0 Å². The summed E-state index contributed by atoms with van der Waals surface area (Å²) in [6, 6.07) is 2.88. The summed E-state index contributed by atoms with van der Waals surface area (Å²) in [6.07, 6.45) is 3.98. The van der Waals surface area contributed by atoms with Crippen molar-refractivity contribution in [2.45, 2.75) is 12.8 Å². The molecule has 1 aliphatic carbocycles. The second-order valence-electron chi connectivity index (χ2n) is 4.69. The second-order valence-corrected chi connectivity index (χ2v) is 4.69. The van der Waals surface area contributed by atoms with Gasteiger partial charge in [0.25, 0.3) is 5.91 Å². The Kier molecular flexibility index (Phi) is 4.15. The summed E-state index contributed by atoms with van der Waals surface area (Å²) in [7, 11) is 1.73. The first kappa shape index (κ1) is 12.8. The van der Waals surface area contributed by atoms with Crippen LogP contribution in [0.25, 0.3) is 0 Å². The van der Waals surface area contributed by atoms with Crippen LogP contribution in [-0.4, -0.2) is 42.6 Å². The van der Waals surface area contributed by atoms with E-state index in [9.17, 15) is 9.59 Å². The fourth-order valence-electron chi connectivity index (χ4n) is 1.60. The van der Waals surface area contributed by atoms with Crippen LogP contribution in [0.4, 0.5) is 0 Å². The molecule has 1 amide bonds. The minimum Gasteiger partial charge on any atom is -0.379 e. The first-order chi connectivity index (χ1) is 8.66. The molecule has 1 N–H and O–H groups in total. The van der Waals surface area contributed by atoms with Crippen molar-refractivity contribution in [3.05, 3.63) is 34.2 Å².